The van der Waals surface area contributed by atoms with Crippen LogP contribution >= 0.6 is 12.6 Å². The maximum Gasteiger partial charge on any atom is 0.125 e. The van der Waals surface area contributed by atoms with Gasteiger partial charge in [-0.15, -0.1) is 0 Å². The van der Waals surface area contributed by atoms with E-state index in [9.17, 15) is 0 Å². The molecule has 1 aromatic carbocycles. The predicted molar refractivity (Wildman–Crippen MR) is 64.5 cm³/mol. The number of hydrogen-bond donors (Lipinski definition) is 1. The Balaban J connectivity index is 2.49. The van der Waals surface area contributed by atoms with E-state index in [0.717, 1.165) is 31.0 Å². The van der Waals surface area contributed by atoms with Crippen LogP contribution in [0.3, 0.4) is 0 Å². The first kappa shape index (κ1) is 11.4. The van der Waals surface area contributed by atoms with Crippen LogP contribution < -0.4 is 4.74 Å². The van der Waals surface area contributed by atoms with Crippen LogP contribution in [0.1, 0.15) is 24.0 Å². The van der Waals surface area contributed by atoms with E-state index in [4.69, 9.17) is 4.74 Å². The molecule has 0 aliphatic carbocycles. The molecule has 0 saturated carbocycles. The average Bonchev–Trinajstić information content (AvgIpc) is 2.16. The van der Waals surface area contributed by atoms with E-state index in [1.807, 2.05) is 0 Å². The summed E-state index contributed by atoms with van der Waals surface area (Å²) in [6.45, 7) is 4.97. The van der Waals surface area contributed by atoms with Crippen LogP contribution in [0.25, 0.3) is 0 Å². The molecule has 0 radical (unpaired) electrons. The Hall–Kier alpha value is -0.630. The molecule has 0 aromatic heterocycles. The van der Waals surface area contributed by atoms with Crippen molar-refractivity contribution in [2.75, 3.05) is 12.4 Å². The fourth-order valence-corrected chi connectivity index (χ4v) is 1.64. The summed E-state index contributed by atoms with van der Waals surface area (Å²) in [6, 6.07) is 6.23. The van der Waals surface area contributed by atoms with Gasteiger partial charge in [0.25, 0.3) is 0 Å². The minimum Gasteiger partial charge on any atom is -0.493 e. The largest absolute Gasteiger partial charge is 0.493 e. The van der Waals surface area contributed by atoms with E-state index in [-0.39, 0.29) is 0 Å². The van der Waals surface area contributed by atoms with Crippen LogP contribution in [0.4, 0.5) is 0 Å². The molecule has 0 aliphatic heterocycles. The molecule has 0 heterocycles. The van der Waals surface area contributed by atoms with Gasteiger partial charge in [-0.05, 0) is 43.6 Å². The van der Waals surface area contributed by atoms with Gasteiger partial charge >= 0.3 is 0 Å². The number of para-hydroxylation sites is 1. The van der Waals surface area contributed by atoms with Crippen molar-refractivity contribution < 1.29 is 4.74 Å². The molecule has 0 atom stereocenters. The first-order valence-electron chi connectivity index (χ1n) is 5.05. The second-order valence-corrected chi connectivity index (χ2v) is 3.95. The number of unbranched alkanes of at least 4 members (excludes halogenated alkanes) is 1. The Morgan fingerprint density at radius 2 is 1.79 bits per heavy atom. The summed E-state index contributed by atoms with van der Waals surface area (Å²) in [6.07, 6.45) is 2.20. The number of aryl methyl sites for hydroxylation is 2. The normalized spacial score (nSPS) is 10.2. The Bertz CT molecular complexity index is 263. The van der Waals surface area contributed by atoms with Crippen molar-refractivity contribution in [3.05, 3.63) is 29.3 Å². The highest BCUT2D eigenvalue weighted by atomic mass is 32.1. The Labute approximate surface area is 91.9 Å². The molecule has 0 spiro atoms. The lowest BCUT2D eigenvalue weighted by Gasteiger charge is -2.11. The highest BCUT2D eigenvalue weighted by Crippen LogP contribution is 2.22. The summed E-state index contributed by atoms with van der Waals surface area (Å²) in [5, 5.41) is 0. The lowest BCUT2D eigenvalue weighted by Crippen LogP contribution is -2.00. The summed E-state index contributed by atoms with van der Waals surface area (Å²) >= 11 is 4.17. The number of thiol groups is 1. The Morgan fingerprint density at radius 3 is 2.36 bits per heavy atom. The first-order chi connectivity index (χ1) is 6.75. The van der Waals surface area contributed by atoms with Crippen molar-refractivity contribution in [1.82, 2.24) is 0 Å². The zero-order valence-corrected chi connectivity index (χ0v) is 9.81. The maximum atomic E-state index is 5.74. The third kappa shape index (κ3) is 3.26. The number of rotatable bonds is 5. The molecule has 0 aliphatic rings. The molecule has 14 heavy (non-hydrogen) atoms. The molecular weight excluding hydrogens is 192 g/mol. The van der Waals surface area contributed by atoms with Gasteiger partial charge in [-0.1, -0.05) is 18.2 Å². The van der Waals surface area contributed by atoms with E-state index < -0.39 is 0 Å². The highest BCUT2D eigenvalue weighted by molar-refractivity contribution is 7.80. The van der Waals surface area contributed by atoms with Gasteiger partial charge in [0, 0.05) is 0 Å². The zero-order chi connectivity index (χ0) is 10.4. The van der Waals surface area contributed by atoms with Gasteiger partial charge in [0.2, 0.25) is 0 Å². The highest BCUT2D eigenvalue weighted by Gasteiger charge is 2.01. The fourth-order valence-electron chi connectivity index (χ4n) is 1.41. The lowest BCUT2D eigenvalue weighted by molar-refractivity contribution is 0.306. The standard InChI is InChI=1S/C12H18OS/c1-10-6-5-7-11(2)12(10)13-8-3-4-9-14/h5-7,14H,3-4,8-9H2,1-2H3. The van der Waals surface area contributed by atoms with E-state index >= 15 is 0 Å². The smallest absolute Gasteiger partial charge is 0.125 e. The molecule has 0 unspecified atom stereocenters. The Kier molecular flexibility index (Phi) is 4.88. The third-order valence-electron chi connectivity index (χ3n) is 2.21. The van der Waals surface area contributed by atoms with Gasteiger partial charge in [0.05, 0.1) is 6.61 Å². The second kappa shape index (κ2) is 5.97. The lowest BCUT2D eigenvalue weighted by atomic mass is 10.1. The summed E-state index contributed by atoms with van der Waals surface area (Å²) in [4.78, 5) is 0. The average molecular weight is 210 g/mol. The van der Waals surface area contributed by atoms with Gasteiger partial charge < -0.3 is 4.74 Å². The minimum atomic E-state index is 0.798. The van der Waals surface area contributed by atoms with E-state index in [1.54, 1.807) is 0 Å². The first-order valence-corrected chi connectivity index (χ1v) is 5.69. The third-order valence-corrected chi connectivity index (χ3v) is 2.52. The molecule has 0 bridgehead atoms. The summed E-state index contributed by atoms with van der Waals surface area (Å²) in [5.74, 6) is 1.99. The summed E-state index contributed by atoms with van der Waals surface area (Å²) in [7, 11) is 0. The molecule has 0 amide bonds. The summed E-state index contributed by atoms with van der Waals surface area (Å²) < 4.78 is 5.74. The molecular formula is C12H18OS. The van der Waals surface area contributed by atoms with Crippen molar-refractivity contribution in [3.8, 4) is 5.75 Å². The predicted octanol–water partition coefficient (Wildman–Crippen LogP) is 3.39. The minimum absolute atomic E-state index is 0.798. The van der Waals surface area contributed by atoms with Crippen molar-refractivity contribution >= 4 is 12.6 Å². The van der Waals surface area contributed by atoms with Crippen LogP contribution in [0, 0.1) is 13.8 Å². The Morgan fingerprint density at radius 1 is 1.14 bits per heavy atom. The zero-order valence-electron chi connectivity index (χ0n) is 8.92. The molecule has 0 saturated heterocycles. The number of benzene rings is 1. The maximum absolute atomic E-state index is 5.74. The molecule has 78 valence electrons. The summed E-state index contributed by atoms with van der Waals surface area (Å²) in [5.41, 5.74) is 2.44. The van der Waals surface area contributed by atoms with E-state index in [1.165, 1.54) is 11.1 Å². The molecule has 1 rings (SSSR count). The molecule has 1 nitrogen and oxygen atoms in total. The number of hydrogen-bond acceptors (Lipinski definition) is 2. The molecule has 0 N–H and O–H groups in total. The second-order valence-electron chi connectivity index (χ2n) is 3.50. The van der Waals surface area contributed by atoms with Crippen LogP contribution in [0.5, 0.6) is 5.75 Å². The van der Waals surface area contributed by atoms with E-state index in [2.05, 4.69) is 44.7 Å². The van der Waals surface area contributed by atoms with Crippen molar-refractivity contribution in [2.24, 2.45) is 0 Å². The van der Waals surface area contributed by atoms with Gasteiger partial charge in [-0.25, -0.2) is 0 Å². The topological polar surface area (TPSA) is 9.23 Å². The van der Waals surface area contributed by atoms with E-state index in [0.29, 0.717) is 0 Å². The monoisotopic (exact) mass is 210 g/mol. The van der Waals surface area contributed by atoms with Crippen LogP contribution in [-0.4, -0.2) is 12.4 Å². The molecule has 0 fully saturated rings. The van der Waals surface area contributed by atoms with Gasteiger partial charge in [-0.2, -0.15) is 12.6 Å². The van der Waals surface area contributed by atoms with Crippen LogP contribution in [0.2, 0.25) is 0 Å². The van der Waals surface area contributed by atoms with Crippen molar-refractivity contribution in [2.45, 2.75) is 26.7 Å². The number of ether oxygens (including phenoxy) is 1. The van der Waals surface area contributed by atoms with Gasteiger partial charge in [0.15, 0.2) is 0 Å². The fraction of sp³-hybridized carbons (Fsp3) is 0.500. The SMILES string of the molecule is Cc1cccc(C)c1OCCCCS. The van der Waals surface area contributed by atoms with Gasteiger partial charge in [0.1, 0.15) is 5.75 Å². The van der Waals surface area contributed by atoms with Crippen LogP contribution in [-0.2, 0) is 0 Å². The van der Waals surface area contributed by atoms with Crippen molar-refractivity contribution in [3.63, 3.8) is 0 Å². The molecule has 2 heteroatoms. The molecule has 1 aromatic rings. The quantitative estimate of drug-likeness (QED) is 0.579. The van der Waals surface area contributed by atoms with Crippen molar-refractivity contribution in [1.29, 1.82) is 0 Å². The van der Waals surface area contributed by atoms with Gasteiger partial charge in [-0.3, -0.25) is 0 Å². The van der Waals surface area contributed by atoms with Crippen LogP contribution in [0.15, 0.2) is 18.2 Å².